The van der Waals surface area contributed by atoms with Gasteiger partial charge in [0.2, 0.25) is 0 Å². The van der Waals surface area contributed by atoms with Crippen molar-refractivity contribution in [1.82, 2.24) is 9.78 Å². The summed E-state index contributed by atoms with van der Waals surface area (Å²) in [5.74, 6) is 0.141. The number of nitro benzene ring substituents is 1. The van der Waals surface area contributed by atoms with Crippen LogP contribution >= 0.6 is 23.2 Å². The fourth-order valence-corrected chi connectivity index (χ4v) is 2.96. The zero-order valence-electron chi connectivity index (χ0n) is 15.7. The molecule has 9 nitrogen and oxygen atoms in total. The first-order chi connectivity index (χ1) is 14.4. The maximum atomic E-state index is 12.5. The van der Waals surface area contributed by atoms with Gasteiger partial charge in [-0.05, 0) is 43.3 Å². The quantitative estimate of drug-likeness (QED) is 0.390. The Labute approximate surface area is 181 Å². The molecule has 0 radical (unpaired) electrons. The fourth-order valence-electron chi connectivity index (χ4n) is 2.49. The van der Waals surface area contributed by atoms with Crippen molar-refractivity contribution in [2.45, 2.75) is 13.7 Å². The summed E-state index contributed by atoms with van der Waals surface area (Å²) in [4.78, 5) is 23.2. The van der Waals surface area contributed by atoms with Crippen molar-refractivity contribution in [2.75, 3.05) is 11.9 Å². The standard InChI is InChI=1S/C19H16Cl2N4O5/c1-2-29-13-4-5-15(17(10-13)25(27)28)22-19(26)16-7-8-24(23-16)11-30-18-6-3-12(20)9-14(18)21/h3-10H,2,11H2,1H3,(H,22,26). The molecule has 3 rings (SSSR count). The summed E-state index contributed by atoms with van der Waals surface area (Å²) >= 11 is 11.9. The van der Waals surface area contributed by atoms with Gasteiger partial charge in [-0.15, -0.1) is 0 Å². The lowest BCUT2D eigenvalue weighted by Crippen LogP contribution is -2.15. The van der Waals surface area contributed by atoms with Crippen molar-refractivity contribution >= 4 is 40.5 Å². The Bertz CT molecular complexity index is 1090. The van der Waals surface area contributed by atoms with Gasteiger partial charge in [-0.3, -0.25) is 14.9 Å². The maximum Gasteiger partial charge on any atom is 0.296 e. The number of nitro groups is 1. The van der Waals surface area contributed by atoms with Gasteiger partial charge in [0.05, 0.1) is 22.6 Å². The second-order valence-corrected chi connectivity index (χ2v) is 6.76. The number of carbonyl (C=O) groups excluding carboxylic acids is 1. The number of rotatable bonds is 8. The van der Waals surface area contributed by atoms with Gasteiger partial charge >= 0.3 is 0 Å². The highest BCUT2D eigenvalue weighted by molar-refractivity contribution is 6.35. The Hall–Kier alpha value is -3.30. The normalized spacial score (nSPS) is 10.5. The Morgan fingerprint density at radius 1 is 1.20 bits per heavy atom. The van der Waals surface area contributed by atoms with Crippen molar-refractivity contribution in [1.29, 1.82) is 0 Å². The molecule has 0 aliphatic carbocycles. The summed E-state index contributed by atoms with van der Waals surface area (Å²) in [5.41, 5.74) is -0.189. The Balaban J connectivity index is 1.68. The minimum atomic E-state index is -0.606. The van der Waals surface area contributed by atoms with Crippen LogP contribution in [0.1, 0.15) is 17.4 Å². The highest BCUT2D eigenvalue weighted by atomic mass is 35.5. The van der Waals surface area contributed by atoms with Crippen LogP contribution in [0.25, 0.3) is 0 Å². The van der Waals surface area contributed by atoms with E-state index in [4.69, 9.17) is 32.7 Å². The Morgan fingerprint density at radius 2 is 2.00 bits per heavy atom. The number of amides is 1. The predicted octanol–water partition coefficient (Wildman–Crippen LogP) is 4.79. The summed E-state index contributed by atoms with van der Waals surface area (Å²) in [6.07, 6.45) is 1.53. The molecule has 0 aliphatic rings. The van der Waals surface area contributed by atoms with E-state index >= 15 is 0 Å². The predicted molar refractivity (Wildman–Crippen MR) is 112 cm³/mol. The highest BCUT2D eigenvalue weighted by Crippen LogP contribution is 2.30. The number of carbonyl (C=O) groups is 1. The van der Waals surface area contributed by atoms with E-state index < -0.39 is 10.8 Å². The van der Waals surface area contributed by atoms with Crippen LogP contribution in [0.4, 0.5) is 11.4 Å². The average molecular weight is 451 g/mol. The molecule has 0 saturated heterocycles. The van der Waals surface area contributed by atoms with Gasteiger partial charge in [0.1, 0.15) is 17.2 Å². The highest BCUT2D eigenvalue weighted by Gasteiger charge is 2.19. The number of hydrogen-bond acceptors (Lipinski definition) is 6. The van der Waals surface area contributed by atoms with Crippen molar-refractivity contribution in [2.24, 2.45) is 0 Å². The Morgan fingerprint density at radius 3 is 2.70 bits per heavy atom. The lowest BCUT2D eigenvalue weighted by atomic mass is 10.2. The maximum absolute atomic E-state index is 12.5. The molecule has 156 valence electrons. The average Bonchev–Trinajstić information content (AvgIpc) is 3.18. The minimum Gasteiger partial charge on any atom is -0.494 e. The van der Waals surface area contributed by atoms with Gasteiger partial charge in [-0.1, -0.05) is 23.2 Å². The molecule has 1 heterocycles. The number of anilines is 1. The summed E-state index contributed by atoms with van der Waals surface area (Å²) < 4.78 is 12.2. The first-order valence-electron chi connectivity index (χ1n) is 8.71. The van der Waals surface area contributed by atoms with Gasteiger partial charge in [0, 0.05) is 11.2 Å². The molecule has 0 saturated carbocycles. The van der Waals surface area contributed by atoms with Crippen LogP contribution in [0.5, 0.6) is 11.5 Å². The second kappa shape index (κ2) is 9.47. The van der Waals surface area contributed by atoms with Gasteiger partial charge in [-0.2, -0.15) is 5.10 Å². The van der Waals surface area contributed by atoms with Crippen molar-refractivity contribution in [3.05, 3.63) is 74.5 Å². The molecule has 0 unspecified atom stereocenters. The summed E-state index contributed by atoms with van der Waals surface area (Å²) in [6, 6.07) is 10.5. The molecule has 1 amide bonds. The van der Waals surface area contributed by atoms with E-state index in [9.17, 15) is 14.9 Å². The summed E-state index contributed by atoms with van der Waals surface area (Å²) in [7, 11) is 0. The molecule has 3 aromatic rings. The van der Waals surface area contributed by atoms with E-state index in [1.165, 1.54) is 35.1 Å². The number of benzene rings is 2. The van der Waals surface area contributed by atoms with Gasteiger partial charge in [-0.25, -0.2) is 4.68 Å². The summed E-state index contributed by atoms with van der Waals surface area (Å²) in [6.45, 7) is 2.13. The van der Waals surface area contributed by atoms with Crippen LogP contribution in [0.2, 0.25) is 10.0 Å². The third-order valence-corrected chi connectivity index (χ3v) is 4.38. The summed E-state index contributed by atoms with van der Waals surface area (Å²) in [5, 5.41) is 18.7. The second-order valence-electron chi connectivity index (χ2n) is 5.91. The van der Waals surface area contributed by atoms with Crippen LogP contribution in [0.15, 0.2) is 48.7 Å². The molecular formula is C19H16Cl2N4O5. The van der Waals surface area contributed by atoms with Crippen molar-refractivity contribution < 1.29 is 19.2 Å². The van der Waals surface area contributed by atoms with Crippen LogP contribution in [0.3, 0.4) is 0 Å². The number of nitrogens with zero attached hydrogens (tertiary/aromatic N) is 3. The van der Waals surface area contributed by atoms with E-state index in [-0.39, 0.29) is 23.8 Å². The van der Waals surface area contributed by atoms with E-state index in [0.29, 0.717) is 28.2 Å². The van der Waals surface area contributed by atoms with E-state index in [1.54, 1.807) is 25.1 Å². The number of hydrogen-bond donors (Lipinski definition) is 1. The third kappa shape index (κ3) is 5.19. The number of ether oxygens (including phenoxy) is 2. The molecule has 0 aliphatic heterocycles. The largest absolute Gasteiger partial charge is 0.494 e. The molecule has 30 heavy (non-hydrogen) atoms. The number of halogens is 2. The molecule has 0 atom stereocenters. The van der Waals surface area contributed by atoms with E-state index in [0.717, 1.165) is 0 Å². The van der Waals surface area contributed by atoms with Crippen LogP contribution < -0.4 is 14.8 Å². The fraction of sp³-hybridized carbons (Fsp3) is 0.158. The van der Waals surface area contributed by atoms with Crippen LogP contribution in [0, 0.1) is 10.1 Å². The molecular weight excluding hydrogens is 435 g/mol. The monoisotopic (exact) mass is 450 g/mol. The Kier molecular flexibility index (Phi) is 6.76. The molecule has 1 aromatic heterocycles. The molecule has 2 aromatic carbocycles. The first-order valence-corrected chi connectivity index (χ1v) is 9.47. The number of aromatic nitrogens is 2. The first kappa shape index (κ1) is 21.4. The molecule has 1 N–H and O–H groups in total. The van der Waals surface area contributed by atoms with Crippen molar-refractivity contribution in [3.8, 4) is 11.5 Å². The minimum absolute atomic E-state index is 0.00215. The SMILES string of the molecule is CCOc1ccc(NC(=O)c2ccn(COc3ccc(Cl)cc3Cl)n2)c([N+](=O)[O-])c1. The number of nitrogens with one attached hydrogen (secondary N) is 1. The van der Waals surface area contributed by atoms with Crippen LogP contribution in [-0.2, 0) is 6.73 Å². The van der Waals surface area contributed by atoms with E-state index in [2.05, 4.69) is 10.4 Å². The van der Waals surface area contributed by atoms with E-state index in [1.807, 2.05) is 0 Å². The van der Waals surface area contributed by atoms with Gasteiger partial charge in [0.25, 0.3) is 11.6 Å². The van der Waals surface area contributed by atoms with Crippen LogP contribution in [-0.4, -0.2) is 27.2 Å². The van der Waals surface area contributed by atoms with Crippen molar-refractivity contribution in [3.63, 3.8) is 0 Å². The zero-order valence-corrected chi connectivity index (χ0v) is 17.2. The molecule has 0 fully saturated rings. The molecule has 0 spiro atoms. The van der Waals surface area contributed by atoms with Gasteiger partial charge in [0.15, 0.2) is 12.4 Å². The lowest BCUT2D eigenvalue weighted by Gasteiger charge is -2.08. The smallest absolute Gasteiger partial charge is 0.296 e. The molecule has 0 bridgehead atoms. The zero-order chi connectivity index (χ0) is 21.7. The molecule has 11 heteroatoms. The topological polar surface area (TPSA) is 109 Å². The van der Waals surface area contributed by atoms with Gasteiger partial charge < -0.3 is 14.8 Å². The lowest BCUT2D eigenvalue weighted by molar-refractivity contribution is -0.384. The third-order valence-electron chi connectivity index (χ3n) is 3.84.